The lowest BCUT2D eigenvalue weighted by Gasteiger charge is -2.32. The number of rotatable bonds is 3. The van der Waals surface area contributed by atoms with E-state index < -0.39 is 0 Å². The van der Waals surface area contributed by atoms with Crippen molar-refractivity contribution in [2.45, 2.75) is 32.2 Å². The van der Waals surface area contributed by atoms with Crippen LogP contribution in [0.4, 0.5) is 0 Å². The van der Waals surface area contributed by atoms with E-state index in [9.17, 15) is 0 Å². The van der Waals surface area contributed by atoms with Gasteiger partial charge in [0.25, 0.3) is 0 Å². The number of aryl methyl sites for hydroxylation is 2. The maximum atomic E-state index is 4.59. The third-order valence-corrected chi connectivity index (χ3v) is 3.89. The van der Waals surface area contributed by atoms with E-state index in [4.69, 9.17) is 0 Å². The van der Waals surface area contributed by atoms with E-state index in [1.165, 1.54) is 24.1 Å². The fourth-order valence-corrected chi connectivity index (χ4v) is 2.95. The Morgan fingerprint density at radius 1 is 1.40 bits per heavy atom. The van der Waals surface area contributed by atoms with Gasteiger partial charge < -0.3 is 0 Å². The quantitative estimate of drug-likeness (QED) is 0.855. The normalized spacial score (nSPS) is 20.2. The first-order valence-electron chi connectivity index (χ1n) is 7.20. The summed E-state index contributed by atoms with van der Waals surface area (Å²) in [7, 11) is 1.96. The molecule has 0 aliphatic carbocycles. The smallest absolute Gasteiger partial charge is 0.125 e. The summed E-state index contributed by atoms with van der Waals surface area (Å²) in [5.74, 6) is 1.40. The molecule has 1 fully saturated rings. The molecule has 0 N–H and O–H groups in total. The lowest BCUT2D eigenvalue weighted by Crippen LogP contribution is -2.34. The number of nitrogens with zero attached hydrogens (tertiary/aromatic N) is 5. The highest BCUT2D eigenvalue weighted by molar-refractivity contribution is 5.11. The van der Waals surface area contributed by atoms with Gasteiger partial charge in [-0.15, -0.1) is 0 Å². The Morgan fingerprint density at radius 3 is 3.05 bits per heavy atom. The molecule has 1 aliphatic heterocycles. The third kappa shape index (κ3) is 3.04. The molecule has 0 spiro atoms. The fourth-order valence-electron chi connectivity index (χ4n) is 2.95. The van der Waals surface area contributed by atoms with Gasteiger partial charge in [0.2, 0.25) is 0 Å². The second kappa shape index (κ2) is 5.71. The van der Waals surface area contributed by atoms with Gasteiger partial charge >= 0.3 is 0 Å². The fraction of sp³-hybridized carbons (Fsp3) is 0.533. The highest BCUT2D eigenvalue weighted by atomic mass is 15.2. The first kappa shape index (κ1) is 13.2. The van der Waals surface area contributed by atoms with E-state index in [-0.39, 0.29) is 0 Å². The number of hydrogen-bond acceptors (Lipinski definition) is 4. The van der Waals surface area contributed by atoms with Crippen LogP contribution < -0.4 is 0 Å². The SMILES string of the molecule is Cc1nccc([C@@H]2CCCN(Cc3cnn(C)c3)C2)n1. The molecule has 3 heterocycles. The Bertz CT molecular complexity index is 577. The van der Waals surface area contributed by atoms with Gasteiger partial charge in [-0.3, -0.25) is 9.58 Å². The van der Waals surface area contributed by atoms with Gasteiger partial charge in [-0.1, -0.05) is 0 Å². The Hall–Kier alpha value is -1.75. The summed E-state index contributed by atoms with van der Waals surface area (Å²) in [5, 5.41) is 4.24. The van der Waals surface area contributed by atoms with Crippen LogP contribution in [0.3, 0.4) is 0 Å². The maximum absolute atomic E-state index is 4.59. The molecule has 5 heteroatoms. The number of hydrogen-bond donors (Lipinski definition) is 0. The Morgan fingerprint density at radius 2 is 2.30 bits per heavy atom. The van der Waals surface area contributed by atoms with Crippen LogP contribution in [-0.2, 0) is 13.6 Å². The van der Waals surface area contributed by atoms with Crippen molar-refractivity contribution < 1.29 is 0 Å². The van der Waals surface area contributed by atoms with Crippen LogP contribution in [-0.4, -0.2) is 37.7 Å². The molecular weight excluding hydrogens is 250 g/mol. The molecule has 1 aliphatic rings. The van der Waals surface area contributed by atoms with E-state index in [1.54, 1.807) is 0 Å². The van der Waals surface area contributed by atoms with Gasteiger partial charge in [-0.25, -0.2) is 9.97 Å². The van der Waals surface area contributed by atoms with Gasteiger partial charge in [-0.05, 0) is 32.4 Å². The lowest BCUT2D eigenvalue weighted by molar-refractivity contribution is 0.198. The van der Waals surface area contributed by atoms with Crippen LogP contribution >= 0.6 is 0 Å². The molecular formula is C15H21N5. The van der Waals surface area contributed by atoms with Crippen LogP contribution in [0.1, 0.15) is 35.8 Å². The summed E-state index contributed by atoms with van der Waals surface area (Å²) in [6, 6.07) is 2.06. The molecule has 2 aromatic heterocycles. The molecule has 0 unspecified atom stereocenters. The summed E-state index contributed by atoms with van der Waals surface area (Å²) in [5.41, 5.74) is 2.47. The van der Waals surface area contributed by atoms with Crippen molar-refractivity contribution in [3.05, 3.63) is 41.7 Å². The van der Waals surface area contributed by atoms with E-state index >= 15 is 0 Å². The van der Waals surface area contributed by atoms with Crippen molar-refractivity contribution in [3.8, 4) is 0 Å². The van der Waals surface area contributed by atoms with Crippen molar-refractivity contribution >= 4 is 0 Å². The largest absolute Gasteiger partial charge is 0.298 e. The molecule has 5 nitrogen and oxygen atoms in total. The number of likely N-dealkylation sites (tertiary alicyclic amines) is 1. The average Bonchev–Trinajstić information content (AvgIpc) is 2.84. The molecule has 2 aromatic rings. The summed E-state index contributed by atoms with van der Waals surface area (Å²) >= 11 is 0. The molecule has 20 heavy (non-hydrogen) atoms. The summed E-state index contributed by atoms with van der Waals surface area (Å²) in [4.78, 5) is 11.3. The number of aromatic nitrogens is 4. The molecule has 0 aromatic carbocycles. The molecule has 0 amide bonds. The minimum absolute atomic E-state index is 0.530. The Labute approximate surface area is 119 Å². The predicted molar refractivity (Wildman–Crippen MR) is 77.2 cm³/mol. The molecule has 0 bridgehead atoms. The lowest BCUT2D eigenvalue weighted by atomic mass is 9.94. The van der Waals surface area contributed by atoms with E-state index in [0.29, 0.717) is 5.92 Å². The number of piperidine rings is 1. The van der Waals surface area contributed by atoms with Crippen molar-refractivity contribution in [2.24, 2.45) is 7.05 Å². The summed E-state index contributed by atoms with van der Waals surface area (Å²) in [6.07, 6.45) is 8.38. The Kier molecular flexibility index (Phi) is 3.78. The first-order valence-corrected chi connectivity index (χ1v) is 7.20. The van der Waals surface area contributed by atoms with Crippen LogP contribution in [0.2, 0.25) is 0 Å². The topological polar surface area (TPSA) is 46.8 Å². The zero-order valence-corrected chi connectivity index (χ0v) is 12.2. The second-order valence-corrected chi connectivity index (χ2v) is 5.63. The molecule has 0 radical (unpaired) electrons. The van der Waals surface area contributed by atoms with Crippen molar-refractivity contribution in [1.29, 1.82) is 0 Å². The minimum Gasteiger partial charge on any atom is -0.298 e. The highest BCUT2D eigenvalue weighted by Crippen LogP contribution is 2.26. The average molecular weight is 271 g/mol. The standard InChI is InChI=1S/C15H21N5/c1-12-16-6-5-15(18-12)14-4-3-7-20(11-14)10-13-8-17-19(2)9-13/h5-6,8-9,14H,3-4,7,10-11H2,1-2H3/t14-/m1/s1. The summed E-state index contributed by atoms with van der Waals surface area (Å²) in [6.45, 7) is 5.18. The molecule has 106 valence electrons. The first-order chi connectivity index (χ1) is 9.70. The van der Waals surface area contributed by atoms with Crippen LogP contribution in [0.25, 0.3) is 0 Å². The predicted octanol–water partition coefficient (Wildman–Crippen LogP) is 1.90. The van der Waals surface area contributed by atoms with E-state index in [0.717, 1.165) is 25.5 Å². The molecule has 0 saturated carbocycles. The van der Waals surface area contributed by atoms with Crippen molar-refractivity contribution in [2.75, 3.05) is 13.1 Å². The monoisotopic (exact) mass is 271 g/mol. The highest BCUT2D eigenvalue weighted by Gasteiger charge is 2.22. The van der Waals surface area contributed by atoms with Crippen molar-refractivity contribution in [1.82, 2.24) is 24.6 Å². The van der Waals surface area contributed by atoms with Crippen LogP contribution in [0, 0.1) is 6.92 Å². The Balaban J connectivity index is 1.67. The minimum atomic E-state index is 0.530. The molecule has 1 atom stereocenters. The third-order valence-electron chi connectivity index (χ3n) is 3.89. The molecule has 3 rings (SSSR count). The van der Waals surface area contributed by atoms with Gasteiger partial charge in [0.15, 0.2) is 0 Å². The zero-order chi connectivity index (χ0) is 13.9. The van der Waals surface area contributed by atoms with Crippen LogP contribution in [0.15, 0.2) is 24.7 Å². The zero-order valence-electron chi connectivity index (χ0n) is 12.2. The van der Waals surface area contributed by atoms with Gasteiger partial charge in [0.05, 0.1) is 6.20 Å². The second-order valence-electron chi connectivity index (χ2n) is 5.63. The van der Waals surface area contributed by atoms with Crippen molar-refractivity contribution in [3.63, 3.8) is 0 Å². The maximum Gasteiger partial charge on any atom is 0.125 e. The summed E-state index contributed by atoms with van der Waals surface area (Å²) < 4.78 is 1.87. The van der Waals surface area contributed by atoms with Crippen LogP contribution in [0.5, 0.6) is 0 Å². The van der Waals surface area contributed by atoms with Gasteiger partial charge in [0.1, 0.15) is 5.82 Å². The van der Waals surface area contributed by atoms with Gasteiger partial charge in [0, 0.05) is 49.7 Å². The van der Waals surface area contributed by atoms with E-state index in [1.807, 2.05) is 31.0 Å². The van der Waals surface area contributed by atoms with E-state index in [2.05, 4.69) is 32.2 Å². The van der Waals surface area contributed by atoms with Gasteiger partial charge in [-0.2, -0.15) is 5.10 Å². The molecule has 1 saturated heterocycles.